The number of halogens is 2. The smallest absolute Gasteiger partial charge is 0.413 e. The number of anilines is 1. The van der Waals surface area contributed by atoms with Crippen LogP contribution < -0.4 is 15.7 Å². The molecule has 0 aliphatic carbocycles. The number of nitrogens with zero attached hydrogens (tertiary/aromatic N) is 2. The maximum Gasteiger partial charge on any atom is 0.413 e. The molecule has 1 aromatic carbocycles. The molecule has 1 saturated heterocycles. The Morgan fingerprint density at radius 3 is 2.84 bits per heavy atom. The first-order chi connectivity index (χ1) is 17.6. The van der Waals surface area contributed by atoms with Crippen molar-refractivity contribution in [3.05, 3.63) is 52.3 Å². The van der Waals surface area contributed by atoms with E-state index in [2.05, 4.69) is 14.8 Å². The lowest BCUT2D eigenvalue weighted by molar-refractivity contribution is -0.119. The normalized spacial score (nSPS) is 19.6. The Morgan fingerprint density at radius 1 is 1.35 bits per heavy atom. The van der Waals surface area contributed by atoms with Crippen molar-refractivity contribution in [1.29, 1.82) is 0 Å². The Hall–Kier alpha value is -3.16. The molecule has 0 spiro atoms. The highest BCUT2D eigenvalue weighted by atomic mass is 31.2. The van der Waals surface area contributed by atoms with Crippen LogP contribution in [0.1, 0.15) is 24.0 Å². The van der Waals surface area contributed by atoms with E-state index in [-0.39, 0.29) is 19.0 Å². The lowest BCUT2D eigenvalue weighted by Gasteiger charge is -2.20. The van der Waals surface area contributed by atoms with Gasteiger partial charge in [0, 0.05) is 25.1 Å². The third kappa shape index (κ3) is 6.22. The number of aryl methyl sites for hydroxylation is 1. The van der Waals surface area contributed by atoms with Gasteiger partial charge >= 0.3 is 20.4 Å². The molecule has 0 bridgehead atoms. The Bertz CT molecular complexity index is 1330. The van der Waals surface area contributed by atoms with Crippen molar-refractivity contribution in [2.75, 3.05) is 26.1 Å². The number of alkyl halides is 2. The predicted molar refractivity (Wildman–Crippen MR) is 125 cm³/mol. The molecule has 0 saturated carbocycles. The van der Waals surface area contributed by atoms with Crippen LogP contribution in [0.5, 0.6) is 5.75 Å². The number of aromatic nitrogens is 2. The van der Waals surface area contributed by atoms with Crippen molar-refractivity contribution in [2.45, 2.75) is 38.2 Å². The second-order valence-electron chi connectivity index (χ2n) is 8.07. The molecule has 1 aliphatic heterocycles. The van der Waals surface area contributed by atoms with E-state index < -0.39 is 45.1 Å². The topological polar surface area (TPSA) is 144 Å². The van der Waals surface area contributed by atoms with E-state index in [9.17, 15) is 23.3 Å². The molecule has 15 heteroatoms. The maximum atomic E-state index is 14.5. The largest absolute Gasteiger partial charge is 0.497 e. The van der Waals surface area contributed by atoms with E-state index in [1.807, 2.05) is 13.0 Å². The van der Waals surface area contributed by atoms with Gasteiger partial charge in [0.25, 0.3) is 5.92 Å². The van der Waals surface area contributed by atoms with Crippen LogP contribution in [-0.2, 0) is 25.1 Å². The number of rotatable bonds is 9. The van der Waals surface area contributed by atoms with Gasteiger partial charge in [0.1, 0.15) is 22.9 Å². The zero-order valence-corrected chi connectivity index (χ0v) is 20.9. The molecule has 1 fully saturated rings. The van der Waals surface area contributed by atoms with Gasteiger partial charge in [-0.15, -0.1) is 0 Å². The quantitative estimate of drug-likeness (QED) is 0.382. The highest BCUT2D eigenvalue weighted by Crippen LogP contribution is 2.43. The van der Waals surface area contributed by atoms with E-state index in [1.165, 1.54) is 7.11 Å². The summed E-state index contributed by atoms with van der Waals surface area (Å²) in [7, 11) is 0.544. The number of benzene rings is 1. The summed E-state index contributed by atoms with van der Waals surface area (Å²) in [6.07, 6.45) is -3.68. The molecule has 3 aromatic rings. The summed E-state index contributed by atoms with van der Waals surface area (Å²) >= 11 is 0. The van der Waals surface area contributed by atoms with Crippen molar-refractivity contribution in [2.24, 2.45) is 0 Å². The standard InChI is InChI=1S/C22H24F2N3O9P/c1-12-6-14(31-2)7-13-8-15(35-18(12)13)10-33-21(29)26-17-4-5-27(20(28)25-17)19-22(23,24)9-16(36-19)11-34-37(30)32-3/h4-8,16,19,30H,9-11H2,1-3H3,(H,25,26,28,29)/t16-,19+,37?/m0/s1. The van der Waals surface area contributed by atoms with Crippen LogP contribution in [0.2, 0.25) is 0 Å². The molecule has 3 atom stereocenters. The second-order valence-corrected chi connectivity index (χ2v) is 9.17. The van der Waals surface area contributed by atoms with Gasteiger partial charge in [0.05, 0.1) is 19.8 Å². The molecule has 3 heterocycles. The Balaban J connectivity index is 1.36. The molecule has 0 radical (unpaired) electrons. The van der Waals surface area contributed by atoms with E-state index >= 15 is 0 Å². The fraction of sp³-hybridized carbons (Fsp3) is 0.409. The van der Waals surface area contributed by atoms with Crippen LogP contribution in [0, 0.1) is 6.92 Å². The van der Waals surface area contributed by atoms with Crippen molar-refractivity contribution < 1.29 is 46.1 Å². The first-order valence-corrected chi connectivity index (χ1v) is 12.0. The third-order valence-electron chi connectivity index (χ3n) is 5.43. The number of carbonyl (C=O) groups is 1. The molecule has 2 N–H and O–H groups in total. The number of hydrogen-bond acceptors (Lipinski definition) is 10. The summed E-state index contributed by atoms with van der Waals surface area (Å²) in [5, 5.41) is 3.04. The number of methoxy groups -OCH3 is 1. The number of nitrogens with one attached hydrogen (secondary N) is 1. The zero-order chi connectivity index (χ0) is 26.7. The minimum atomic E-state index is -3.41. The monoisotopic (exact) mass is 543 g/mol. The first-order valence-electron chi connectivity index (χ1n) is 10.9. The van der Waals surface area contributed by atoms with Gasteiger partial charge in [-0.25, -0.2) is 18.4 Å². The Labute approximate surface area is 210 Å². The predicted octanol–water partition coefficient (Wildman–Crippen LogP) is 3.86. The minimum absolute atomic E-state index is 0.204. The number of hydrogen-bond donors (Lipinski definition) is 2. The van der Waals surface area contributed by atoms with Gasteiger partial charge in [0.2, 0.25) is 6.23 Å². The molecular weight excluding hydrogens is 519 g/mol. The fourth-order valence-corrected chi connectivity index (χ4v) is 4.18. The molecular formula is C22H24F2N3O9P. The molecule has 1 aliphatic rings. The van der Waals surface area contributed by atoms with Gasteiger partial charge in [0.15, 0.2) is 6.61 Å². The third-order valence-corrected chi connectivity index (χ3v) is 6.11. The molecule has 2 aromatic heterocycles. The Kier molecular flexibility index (Phi) is 8.05. The molecule has 37 heavy (non-hydrogen) atoms. The van der Waals surface area contributed by atoms with Gasteiger partial charge in [-0.05, 0) is 36.8 Å². The summed E-state index contributed by atoms with van der Waals surface area (Å²) in [6.45, 7) is 1.30. The van der Waals surface area contributed by atoms with Crippen LogP contribution >= 0.6 is 8.60 Å². The summed E-state index contributed by atoms with van der Waals surface area (Å²) in [5.41, 5.74) is 0.395. The Morgan fingerprint density at radius 2 is 2.14 bits per heavy atom. The van der Waals surface area contributed by atoms with Crippen molar-refractivity contribution in [3.63, 3.8) is 0 Å². The van der Waals surface area contributed by atoms with E-state index in [1.54, 1.807) is 19.2 Å². The summed E-state index contributed by atoms with van der Waals surface area (Å²) < 4.78 is 60.3. The number of fused-ring (bicyclic) bond motifs is 1. The molecule has 1 unspecified atom stereocenters. The fourth-order valence-electron chi connectivity index (χ4n) is 3.78. The summed E-state index contributed by atoms with van der Waals surface area (Å²) in [6, 6.07) is 6.45. The number of carbonyl (C=O) groups excluding carboxylic acids is 1. The zero-order valence-electron chi connectivity index (χ0n) is 20.0. The van der Waals surface area contributed by atoms with Gasteiger partial charge < -0.3 is 32.6 Å². The van der Waals surface area contributed by atoms with Gasteiger partial charge in [-0.3, -0.25) is 9.88 Å². The van der Waals surface area contributed by atoms with Crippen LogP contribution in [0.15, 0.2) is 39.7 Å². The molecule has 1 amide bonds. The SMILES string of the molecule is COc1cc(C)c2oc(COC(=O)Nc3ccn([C@@H]4O[C@H](COP(O)OC)CC4(F)F)c(=O)n3)cc2c1. The minimum Gasteiger partial charge on any atom is -0.497 e. The van der Waals surface area contributed by atoms with Gasteiger partial charge in [-0.2, -0.15) is 4.98 Å². The van der Waals surface area contributed by atoms with Crippen LogP contribution in [0.25, 0.3) is 11.0 Å². The van der Waals surface area contributed by atoms with Crippen LogP contribution in [0.4, 0.5) is 19.4 Å². The molecule has 4 rings (SSSR count). The van der Waals surface area contributed by atoms with E-state index in [0.717, 1.165) is 23.2 Å². The molecule has 12 nitrogen and oxygen atoms in total. The van der Waals surface area contributed by atoms with Crippen LogP contribution in [0.3, 0.4) is 0 Å². The van der Waals surface area contributed by atoms with Crippen LogP contribution in [-0.4, -0.2) is 53.4 Å². The highest BCUT2D eigenvalue weighted by Gasteiger charge is 2.52. The molecule has 200 valence electrons. The van der Waals surface area contributed by atoms with Crippen molar-refractivity contribution >= 4 is 31.5 Å². The second kappa shape index (κ2) is 11.1. The van der Waals surface area contributed by atoms with E-state index in [0.29, 0.717) is 21.7 Å². The summed E-state index contributed by atoms with van der Waals surface area (Å²) in [5.74, 6) is -2.58. The van der Waals surface area contributed by atoms with Gasteiger partial charge in [-0.1, -0.05) is 0 Å². The lowest BCUT2D eigenvalue weighted by Crippen LogP contribution is -2.35. The number of furan rings is 1. The average molecular weight is 543 g/mol. The average Bonchev–Trinajstić information content (AvgIpc) is 3.41. The maximum absolute atomic E-state index is 14.5. The number of amides is 1. The van der Waals surface area contributed by atoms with Crippen molar-refractivity contribution in [3.8, 4) is 5.75 Å². The first kappa shape index (κ1) is 26.9. The summed E-state index contributed by atoms with van der Waals surface area (Å²) in [4.78, 5) is 37.5. The van der Waals surface area contributed by atoms with E-state index in [4.69, 9.17) is 23.2 Å². The lowest BCUT2D eigenvalue weighted by atomic mass is 10.1. The highest BCUT2D eigenvalue weighted by molar-refractivity contribution is 7.40. The van der Waals surface area contributed by atoms with Crippen molar-refractivity contribution in [1.82, 2.24) is 9.55 Å². The number of ether oxygens (including phenoxy) is 3.